The molecule has 0 aliphatic heterocycles. The fraction of sp³-hybridized carbons (Fsp3) is 0.133. The van der Waals surface area contributed by atoms with Crippen molar-refractivity contribution in [3.05, 3.63) is 52.2 Å². The number of ketones is 1. The fourth-order valence-corrected chi connectivity index (χ4v) is 2.24. The van der Waals surface area contributed by atoms with E-state index in [0.717, 1.165) is 10.4 Å². The lowest BCUT2D eigenvalue weighted by atomic mass is 10.1. The molecule has 0 amide bonds. The molecule has 0 atom stereocenters. The van der Waals surface area contributed by atoms with Crippen LogP contribution in [0.15, 0.2) is 41.8 Å². The van der Waals surface area contributed by atoms with Crippen LogP contribution < -0.4 is 9.47 Å². The van der Waals surface area contributed by atoms with E-state index in [4.69, 9.17) is 9.47 Å². The second-order valence-corrected chi connectivity index (χ2v) is 4.77. The zero-order chi connectivity index (χ0) is 13.7. The number of carbonyl (C=O) groups excluding carboxylic acids is 1. The zero-order valence-corrected chi connectivity index (χ0v) is 11.6. The average molecular weight is 274 g/mol. The van der Waals surface area contributed by atoms with Crippen molar-refractivity contribution in [3.63, 3.8) is 0 Å². The molecule has 0 N–H and O–H groups in total. The van der Waals surface area contributed by atoms with Crippen LogP contribution in [0.2, 0.25) is 0 Å². The van der Waals surface area contributed by atoms with E-state index in [1.807, 2.05) is 29.6 Å². The summed E-state index contributed by atoms with van der Waals surface area (Å²) in [7, 11) is 3.19. The molecular formula is C15H14O3S. The standard InChI is InChI=1S/C15H14O3S/c1-17-12-8-11(9-13(10-12)18-2)5-6-14(16)15-4-3-7-19-15/h3-10H,1-2H3/b6-5+. The van der Waals surface area contributed by atoms with Crippen LogP contribution in [0.5, 0.6) is 11.5 Å². The molecule has 1 heterocycles. The molecule has 0 saturated carbocycles. The predicted octanol–water partition coefficient (Wildman–Crippen LogP) is 3.66. The van der Waals surface area contributed by atoms with E-state index in [1.54, 1.807) is 32.4 Å². The third-order valence-electron chi connectivity index (χ3n) is 2.56. The van der Waals surface area contributed by atoms with Crippen molar-refractivity contribution in [2.45, 2.75) is 0 Å². The fourth-order valence-electron chi connectivity index (χ4n) is 1.60. The maximum Gasteiger partial charge on any atom is 0.195 e. The summed E-state index contributed by atoms with van der Waals surface area (Å²) in [6, 6.07) is 9.16. The largest absolute Gasteiger partial charge is 0.497 e. The van der Waals surface area contributed by atoms with Gasteiger partial charge < -0.3 is 9.47 Å². The Hall–Kier alpha value is -2.07. The van der Waals surface area contributed by atoms with Crippen LogP contribution in [0, 0.1) is 0 Å². The molecule has 3 nitrogen and oxygen atoms in total. The number of thiophene rings is 1. The Labute approximate surface area is 116 Å². The van der Waals surface area contributed by atoms with Gasteiger partial charge in [-0.15, -0.1) is 11.3 Å². The van der Waals surface area contributed by atoms with Crippen LogP contribution in [-0.4, -0.2) is 20.0 Å². The first kappa shape index (κ1) is 13.4. The number of rotatable bonds is 5. The summed E-state index contributed by atoms with van der Waals surface area (Å²) >= 11 is 1.43. The van der Waals surface area contributed by atoms with Crippen molar-refractivity contribution < 1.29 is 14.3 Å². The van der Waals surface area contributed by atoms with Crippen LogP contribution in [-0.2, 0) is 0 Å². The first-order valence-corrected chi connectivity index (χ1v) is 6.60. The van der Waals surface area contributed by atoms with Gasteiger partial charge in [0.15, 0.2) is 5.78 Å². The summed E-state index contributed by atoms with van der Waals surface area (Å²) < 4.78 is 10.4. The van der Waals surface area contributed by atoms with Gasteiger partial charge in [-0.2, -0.15) is 0 Å². The Kier molecular flexibility index (Phi) is 4.36. The Bertz CT molecular complexity index is 563. The minimum Gasteiger partial charge on any atom is -0.497 e. The normalized spacial score (nSPS) is 10.6. The van der Waals surface area contributed by atoms with Crippen LogP contribution >= 0.6 is 11.3 Å². The molecule has 0 bridgehead atoms. The molecule has 0 fully saturated rings. The van der Waals surface area contributed by atoms with Crippen LogP contribution in [0.25, 0.3) is 6.08 Å². The third kappa shape index (κ3) is 3.45. The zero-order valence-electron chi connectivity index (χ0n) is 10.8. The Morgan fingerprint density at radius 2 is 1.84 bits per heavy atom. The first-order valence-electron chi connectivity index (χ1n) is 5.72. The molecule has 0 aliphatic carbocycles. The van der Waals surface area contributed by atoms with Gasteiger partial charge in [-0.1, -0.05) is 12.1 Å². The summed E-state index contributed by atoms with van der Waals surface area (Å²) in [5.41, 5.74) is 0.862. The highest BCUT2D eigenvalue weighted by Gasteiger charge is 2.03. The van der Waals surface area contributed by atoms with Crippen molar-refractivity contribution in [3.8, 4) is 11.5 Å². The minimum atomic E-state index is -0.00298. The van der Waals surface area contributed by atoms with Crippen LogP contribution in [0.4, 0.5) is 0 Å². The second-order valence-electron chi connectivity index (χ2n) is 3.82. The lowest BCUT2D eigenvalue weighted by Crippen LogP contribution is -1.90. The maximum absolute atomic E-state index is 11.8. The van der Waals surface area contributed by atoms with E-state index < -0.39 is 0 Å². The molecule has 19 heavy (non-hydrogen) atoms. The number of ether oxygens (including phenoxy) is 2. The van der Waals surface area contributed by atoms with E-state index >= 15 is 0 Å². The maximum atomic E-state index is 11.8. The molecule has 0 saturated heterocycles. The van der Waals surface area contributed by atoms with Gasteiger partial charge in [0.25, 0.3) is 0 Å². The number of hydrogen-bond donors (Lipinski definition) is 0. The molecule has 0 unspecified atom stereocenters. The molecular weight excluding hydrogens is 260 g/mol. The average Bonchev–Trinajstić information content (AvgIpc) is 2.98. The van der Waals surface area contributed by atoms with E-state index in [-0.39, 0.29) is 5.78 Å². The van der Waals surface area contributed by atoms with Crippen molar-refractivity contribution >= 4 is 23.2 Å². The highest BCUT2D eigenvalue weighted by Crippen LogP contribution is 2.23. The molecule has 1 aromatic heterocycles. The van der Waals surface area contributed by atoms with E-state index in [1.165, 1.54) is 11.3 Å². The lowest BCUT2D eigenvalue weighted by Gasteiger charge is -2.05. The van der Waals surface area contributed by atoms with Gasteiger partial charge in [-0.05, 0) is 35.2 Å². The van der Waals surface area contributed by atoms with Gasteiger partial charge in [-0.25, -0.2) is 0 Å². The molecule has 2 rings (SSSR count). The highest BCUT2D eigenvalue weighted by molar-refractivity contribution is 7.12. The van der Waals surface area contributed by atoms with E-state index in [9.17, 15) is 4.79 Å². The van der Waals surface area contributed by atoms with Gasteiger partial charge in [0.05, 0.1) is 19.1 Å². The van der Waals surface area contributed by atoms with Crippen LogP contribution in [0.3, 0.4) is 0 Å². The highest BCUT2D eigenvalue weighted by atomic mass is 32.1. The second kappa shape index (κ2) is 6.20. The van der Waals surface area contributed by atoms with E-state index in [0.29, 0.717) is 11.5 Å². The Balaban J connectivity index is 2.20. The summed E-state index contributed by atoms with van der Waals surface area (Å²) in [5.74, 6) is 1.39. The molecule has 1 aromatic carbocycles. The quantitative estimate of drug-likeness (QED) is 0.616. The first-order chi connectivity index (χ1) is 9.22. The monoisotopic (exact) mass is 274 g/mol. The summed E-state index contributed by atoms with van der Waals surface area (Å²) in [5, 5.41) is 1.88. The van der Waals surface area contributed by atoms with Gasteiger partial charge in [0.2, 0.25) is 0 Å². The number of hydrogen-bond acceptors (Lipinski definition) is 4. The van der Waals surface area contributed by atoms with Crippen molar-refractivity contribution in [2.75, 3.05) is 14.2 Å². The molecule has 0 spiro atoms. The van der Waals surface area contributed by atoms with Gasteiger partial charge in [-0.3, -0.25) is 4.79 Å². The molecule has 0 aliphatic rings. The smallest absolute Gasteiger partial charge is 0.195 e. The molecule has 98 valence electrons. The molecule has 0 radical (unpaired) electrons. The molecule has 4 heteroatoms. The molecule has 2 aromatic rings. The van der Waals surface area contributed by atoms with Crippen molar-refractivity contribution in [1.82, 2.24) is 0 Å². The van der Waals surface area contributed by atoms with E-state index in [2.05, 4.69) is 0 Å². The number of allylic oxidation sites excluding steroid dienone is 1. The van der Waals surface area contributed by atoms with Gasteiger partial charge in [0, 0.05) is 6.07 Å². The summed E-state index contributed by atoms with van der Waals surface area (Å²) in [6.45, 7) is 0. The predicted molar refractivity (Wildman–Crippen MR) is 77.2 cm³/mol. The summed E-state index contributed by atoms with van der Waals surface area (Å²) in [4.78, 5) is 12.6. The third-order valence-corrected chi connectivity index (χ3v) is 3.45. The Morgan fingerprint density at radius 3 is 2.37 bits per heavy atom. The number of methoxy groups -OCH3 is 2. The SMILES string of the molecule is COc1cc(/C=C/C(=O)c2cccs2)cc(OC)c1. The lowest BCUT2D eigenvalue weighted by molar-refractivity contribution is 0.105. The van der Waals surface area contributed by atoms with Crippen molar-refractivity contribution in [1.29, 1.82) is 0 Å². The Morgan fingerprint density at radius 1 is 1.16 bits per heavy atom. The minimum absolute atomic E-state index is 0.00298. The van der Waals surface area contributed by atoms with Crippen LogP contribution in [0.1, 0.15) is 15.2 Å². The van der Waals surface area contributed by atoms with Gasteiger partial charge >= 0.3 is 0 Å². The topological polar surface area (TPSA) is 35.5 Å². The van der Waals surface area contributed by atoms with Crippen molar-refractivity contribution in [2.24, 2.45) is 0 Å². The number of carbonyl (C=O) groups is 1. The number of benzene rings is 1. The summed E-state index contributed by atoms with van der Waals surface area (Å²) in [6.07, 6.45) is 3.31. The van der Waals surface area contributed by atoms with Gasteiger partial charge in [0.1, 0.15) is 11.5 Å².